The first-order valence-corrected chi connectivity index (χ1v) is 7.74. The molecule has 1 aliphatic heterocycles. The Hall–Kier alpha value is -1.41. The highest BCUT2D eigenvalue weighted by molar-refractivity contribution is 7.98. The average Bonchev–Trinajstić information content (AvgIpc) is 3.04. The summed E-state index contributed by atoms with van der Waals surface area (Å²) in [6.07, 6.45) is 2.25. The van der Waals surface area contributed by atoms with Crippen LogP contribution in [0.1, 0.15) is 36.3 Å². The van der Waals surface area contributed by atoms with Gasteiger partial charge in [-0.15, -0.1) is 10.2 Å². The molecule has 20 heavy (non-hydrogen) atoms. The molecule has 0 amide bonds. The molecular formula is C12H18N6OS. The number of nitrogens with zero attached hydrogens (tertiary/aromatic N) is 5. The summed E-state index contributed by atoms with van der Waals surface area (Å²) in [7, 11) is 2.03. The average molecular weight is 294 g/mol. The van der Waals surface area contributed by atoms with Gasteiger partial charge in [0.15, 0.2) is 11.0 Å². The highest BCUT2D eigenvalue weighted by Gasteiger charge is 2.21. The van der Waals surface area contributed by atoms with Crippen molar-refractivity contribution in [3.05, 3.63) is 17.5 Å². The minimum absolute atomic E-state index is 0.510. The van der Waals surface area contributed by atoms with Crippen LogP contribution in [-0.4, -0.2) is 38.0 Å². The maximum Gasteiger partial charge on any atom is 0.223 e. The molecule has 0 saturated carbocycles. The summed E-state index contributed by atoms with van der Waals surface area (Å²) in [4.78, 5) is 4.19. The third kappa shape index (κ3) is 2.85. The van der Waals surface area contributed by atoms with E-state index < -0.39 is 0 Å². The van der Waals surface area contributed by atoms with Crippen LogP contribution < -0.4 is 5.32 Å². The van der Waals surface area contributed by atoms with Gasteiger partial charge in [-0.05, 0) is 25.9 Å². The van der Waals surface area contributed by atoms with Gasteiger partial charge in [0.05, 0.1) is 5.75 Å². The molecule has 1 aliphatic rings. The molecule has 1 saturated heterocycles. The summed E-state index contributed by atoms with van der Waals surface area (Å²) in [5, 5.41) is 16.8. The van der Waals surface area contributed by atoms with Crippen LogP contribution in [0.15, 0.2) is 9.68 Å². The molecule has 2 aromatic rings. The van der Waals surface area contributed by atoms with Gasteiger partial charge in [0.2, 0.25) is 5.89 Å². The van der Waals surface area contributed by atoms with E-state index in [1.165, 1.54) is 0 Å². The molecule has 0 spiro atoms. The second-order valence-corrected chi connectivity index (χ2v) is 5.88. The minimum Gasteiger partial charge on any atom is -0.340 e. The predicted molar refractivity (Wildman–Crippen MR) is 74.4 cm³/mol. The van der Waals surface area contributed by atoms with E-state index in [2.05, 4.69) is 30.2 Å². The van der Waals surface area contributed by atoms with Gasteiger partial charge < -0.3 is 14.4 Å². The fraction of sp³-hybridized carbons (Fsp3) is 0.667. The van der Waals surface area contributed by atoms with E-state index in [1.54, 1.807) is 18.7 Å². The standard InChI is InChI=1S/C12H18N6OS/c1-8-14-10(17-19-8)7-20-12-16-15-11(18(12)2)9-3-5-13-6-4-9/h9,13H,3-7H2,1-2H3. The van der Waals surface area contributed by atoms with E-state index in [1.807, 2.05) is 7.05 Å². The zero-order chi connectivity index (χ0) is 13.9. The molecule has 7 nitrogen and oxygen atoms in total. The van der Waals surface area contributed by atoms with E-state index in [4.69, 9.17) is 4.52 Å². The molecule has 108 valence electrons. The van der Waals surface area contributed by atoms with Crippen molar-refractivity contribution in [2.75, 3.05) is 13.1 Å². The van der Waals surface area contributed by atoms with Gasteiger partial charge in [-0.1, -0.05) is 16.9 Å². The fourth-order valence-electron chi connectivity index (χ4n) is 2.42. The van der Waals surface area contributed by atoms with Gasteiger partial charge in [-0.3, -0.25) is 0 Å². The number of nitrogens with one attached hydrogen (secondary N) is 1. The number of piperidine rings is 1. The number of rotatable bonds is 4. The van der Waals surface area contributed by atoms with Gasteiger partial charge in [-0.2, -0.15) is 4.98 Å². The summed E-state index contributed by atoms with van der Waals surface area (Å²) in [6.45, 7) is 3.91. The zero-order valence-corrected chi connectivity index (χ0v) is 12.5. The molecule has 0 aliphatic carbocycles. The quantitative estimate of drug-likeness (QED) is 0.850. The minimum atomic E-state index is 0.510. The van der Waals surface area contributed by atoms with Gasteiger partial charge in [0, 0.05) is 19.9 Å². The van der Waals surface area contributed by atoms with Crippen molar-refractivity contribution in [2.24, 2.45) is 7.05 Å². The van der Waals surface area contributed by atoms with Crippen LogP contribution in [0.4, 0.5) is 0 Å². The lowest BCUT2D eigenvalue weighted by Crippen LogP contribution is -2.27. The summed E-state index contributed by atoms with van der Waals surface area (Å²) < 4.78 is 7.05. The third-order valence-corrected chi connectivity index (χ3v) is 4.49. The van der Waals surface area contributed by atoms with Crippen LogP contribution in [0.25, 0.3) is 0 Å². The zero-order valence-electron chi connectivity index (χ0n) is 11.7. The molecule has 1 fully saturated rings. The lowest BCUT2D eigenvalue weighted by atomic mass is 9.97. The molecule has 3 heterocycles. The van der Waals surface area contributed by atoms with E-state index >= 15 is 0 Å². The Labute approximate surface area is 121 Å². The van der Waals surface area contributed by atoms with Crippen molar-refractivity contribution >= 4 is 11.8 Å². The van der Waals surface area contributed by atoms with E-state index in [-0.39, 0.29) is 0 Å². The van der Waals surface area contributed by atoms with Gasteiger partial charge in [0.1, 0.15) is 5.82 Å². The smallest absolute Gasteiger partial charge is 0.223 e. The molecule has 0 aromatic carbocycles. The SMILES string of the molecule is Cc1nc(CSc2nnc(C3CCNCC3)n2C)no1. The first-order chi connectivity index (χ1) is 9.74. The summed E-state index contributed by atoms with van der Waals surface area (Å²) in [5.74, 6) is 3.52. The molecule has 3 rings (SSSR count). The molecule has 0 bridgehead atoms. The maximum absolute atomic E-state index is 4.96. The van der Waals surface area contributed by atoms with Crippen LogP contribution in [0.5, 0.6) is 0 Å². The van der Waals surface area contributed by atoms with Crippen molar-refractivity contribution < 1.29 is 4.52 Å². The Morgan fingerprint density at radius 2 is 2.15 bits per heavy atom. The Balaban J connectivity index is 1.66. The van der Waals surface area contributed by atoms with Crippen LogP contribution in [0.3, 0.4) is 0 Å². The predicted octanol–water partition coefficient (Wildman–Crippen LogP) is 1.27. The third-order valence-electron chi connectivity index (χ3n) is 3.47. The van der Waals surface area contributed by atoms with Gasteiger partial charge >= 0.3 is 0 Å². The number of aromatic nitrogens is 5. The van der Waals surface area contributed by atoms with Crippen molar-refractivity contribution in [3.63, 3.8) is 0 Å². The molecule has 0 atom stereocenters. The van der Waals surface area contributed by atoms with Crippen molar-refractivity contribution in [1.82, 2.24) is 30.2 Å². The molecule has 1 N–H and O–H groups in total. The van der Waals surface area contributed by atoms with E-state index in [9.17, 15) is 0 Å². The Kier molecular flexibility index (Phi) is 4.02. The molecule has 2 aromatic heterocycles. The summed E-state index contributed by atoms with van der Waals surface area (Å²) >= 11 is 1.59. The largest absolute Gasteiger partial charge is 0.340 e. The monoisotopic (exact) mass is 294 g/mol. The van der Waals surface area contributed by atoms with Crippen LogP contribution in [0.2, 0.25) is 0 Å². The van der Waals surface area contributed by atoms with Gasteiger partial charge in [0.25, 0.3) is 0 Å². The highest BCUT2D eigenvalue weighted by Crippen LogP contribution is 2.27. The van der Waals surface area contributed by atoms with Gasteiger partial charge in [-0.25, -0.2) is 0 Å². The van der Waals surface area contributed by atoms with Crippen molar-refractivity contribution in [2.45, 2.75) is 36.6 Å². The van der Waals surface area contributed by atoms with Crippen molar-refractivity contribution in [3.8, 4) is 0 Å². The number of hydrogen-bond donors (Lipinski definition) is 1. The fourth-order valence-corrected chi connectivity index (χ4v) is 3.18. The normalized spacial score (nSPS) is 16.7. The summed E-state index contributed by atoms with van der Waals surface area (Å²) in [6, 6.07) is 0. The summed E-state index contributed by atoms with van der Waals surface area (Å²) in [5.41, 5.74) is 0. The molecule has 0 radical (unpaired) electrons. The van der Waals surface area contributed by atoms with E-state index in [0.717, 1.165) is 36.9 Å². The lowest BCUT2D eigenvalue weighted by Gasteiger charge is -2.21. The number of hydrogen-bond acceptors (Lipinski definition) is 7. The molecular weight excluding hydrogens is 276 g/mol. The second-order valence-electron chi connectivity index (χ2n) is 4.94. The Morgan fingerprint density at radius 3 is 2.85 bits per heavy atom. The molecule has 0 unspecified atom stereocenters. The van der Waals surface area contributed by atoms with E-state index in [0.29, 0.717) is 23.4 Å². The Morgan fingerprint density at radius 1 is 1.35 bits per heavy atom. The van der Waals surface area contributed by atoms with Crippen LogP contribution in [0, 0.1) is 6.92 Å². The first kappa shape index (κ1) is 13.6. The topological polar surface area (TPSA) is 81.7 Å². The second kappa shape index (κ2) is 5.92. The van der Waals surface area contributed by atoms with Crippen LogP contribution >= 0.6 is 11.8 Å². The van der Waals surface area contributed by atoms with Crippen LogP contribution in [-0.2, 0) is 12.8 Å². The highest BCUT2D eigenvalue weighted by atomic mass is 32.2. The first-order valence-electron chi connectivity index (χ1n) is 6.76. The molecule has 8 heteroatoms. The number of aryl methyl sites for hydroxylation is 1. The van der Waals surface area contributed by atoms with Crippen molar-refractivity contribution in [1.29, 1.82) is 0 Å². The number of thioether (sulfide) groups is 1. The lowest BCUT2D eigenvalue weighted by molar-refractivity contribution is 0.389. The maximum atomic E-state index is 4.96. The Bertz CT molecular complexity index is 574.